The van der Waals surface area contributed by atoms with E-state index in [1.54, 1.807) is 0 Å². The molecule has 1 aromatic carbocycles. The van der Waals surface area contributed by atoms with Gasteiger partial charge in [-0.1, -0.05) is 44.2 Å². The van der Waals surface area contributed by atoms with Crippen molar-refractivity contribution in [2.24, 2.45) is 0 Å². The van der Waals surface area contributed by atoms with Gasteiger partial charge in [0.15, 0.2) is 0 Å². The number of likely N-dealkylation sites (N-methyl/N-ethyl adjacent to an activating group) is 1. The zero-order valence-corrected chi connectivity index (χ0v) is 10.8. The molecule has 0 fully saturated rings. The molecule has 0 amide bonds. The SMILES string of the molecule is CCN(CCO)CC(C)(CO)c1ccccc1. The van der Waals surface area contributed by atoms with Crippen LogP contribution in [0.15, 0.2) is 30.3 Å². The Morgan fingerprint density at radius 2 is 1.82 bits per heavy atom. The molecule has 0 spiro atoms. The average molecular weight is 237 g/mol. The summed E-state index contributed by atoms with van der Waals surface area (Å²) in [6, 6.07) is 10.1. The van der Waals surface area contributed by atoms with Gasteiger partial charge < -0.3 is 15.1 Å². The van der Waals surface area contributed by atoms with E-state index in [1.165, 1.54) is 0 Å². The summed E-state index contributed by atoms with van der Waals surface area (Å²) in [6.45, 7) is 6.68. The maximum Gasteiger partial charge on any atom is 0.0558 e. The predicted octanol–water partition coefficient (Wildman–Crippen LogP) is 1.25. The molecular weight excluding hydrogens is 214 g/mol. The van der Waals surface area contributed by atoms with Crippen molar-refractivity contribution < 1.29 is 10.2 Å². The largest absolute Gasteiger partial charge is 0.395 e. The summed E-state index contributed by atoms with van der Waals surface area (Å²) in [6.07, 6.45) is 0. The van der Waals surface area contributed by atoms with Gasteiger partial charge in [0.05, 0.1) is 13.2 Å². The van der Waals surface area contributed by atoms with Crippen LogP contribution in [-0.2, 0) is 5.41 Å². The van der Waals surface area contributed by atoms with E-state index in [9.17, 15) is 5.11 Å². The highest BCUT2D eigenvalue weighted by Crippen LogP contribution is 2.24. The van der Waals surface area contributed by atoms with E-state index in [4.69, 9.17) is 5.11 Å². The maximum absolute atomic E-state index is 9.66. The molecule has 0 saturated carbocycles. The highest BCUT2D eigenvalue weighted by atomic mass is 16.3. The van der Waals surface area contributed by atoms with E-state index in [0.717, 1.165) is 18.7 Å². The molecule has 96 valence electrons. The van der Waals surface area contributed by atoms with E-state index < -0.39 is 0 Å². The summed E-state index contributed by atoms with van der Waals surface area (Å²) in [5.74, 6) is 0. The van der Waals surface area contributed by atoms with Crippen LogP contribution in [0, 0.1) is 0 Å². The maximum atomic E-state index is 9.66. The standard InChI is InChI=1S/C14H23NO2/c1-3-15(9-10-16)11-14(2,12-17)13-7-5-4-6-8-13/h4-8,16-17H,3,9-12H2,1-2H3. The van der Waals surface area contributed by atoms with Crippen molar-refractivity contribution in [1.82, 2.24) is 4.90 Å². The number of aliphatic hydroxyl groups is 2. The third-order valence-electron chi connectivity index (χ3n) is 3.26. The number of hydrogen-bond donors (Lipinski definition) is 2. The summed E-state index contributed by atoms with van der Waals surface area (Å²) in [5, 5.41) is 18.7. The van der Waals surface area contributed by atoms with Crippen LogP contribution in [0.4, 0.5) is 0 Å². The molecule has 17 heavy (non-hydrogen) atoms. The van der Waals surface area contributed by atoms with Gasteiger partial charge in [0.1, 0.15) is 0 Å². The zero-order chi connectivity index (χ0) is 12.7. The molecule has 0 radical (unpaired) electrons. The van der Waals surface area contributed by atoms with E-state index in [-0.39, 0.29) is 18.6 Å². The summed E-state index contributed by atoms with van der Waals surface area (Å²) < 4.78 is 0. The average Bonchev–Trinajstić information content (AvgIpc) is 2.39. The van der Waals surface area contributed by atoms with Crippen molar-refractivity contribution in [2.75, 3.05) is 32.8 Å². The summed E-state index contributed by atoms with van der Waals surface area (Å²) in [5.41, 5.74) is 0.866. The van der Waals surface area contributed by atoms with Crippen LogP contribution < -0.4 is 0 Å². The monoisotopic (exact) mass is 237 g/mol. The van der Waals surface area contributed by atoms with Gasteiger partial charge in [-0.05, 0) is 12.1 Å². The number of nitrogens with zero attached hydrogens (tertiary/aromatic N) is 1. The van der Waals surface area contributed by atoms with Crippen LogP contribution in [0.3, 0.4) is 0 Å². The van der Waals surface area contributed by atoms with Crippen LogP contribution in [0.25, 0.3) is 0 Å². The normalized spacial score (nSPS) is 14.9. The first-order chi connectivity index (χ1) is 8.16. The van der Waals surface area contributed by atoms with Gasteiger partial charge in [-0.2, -0.15) is 0 Å². The van der Waals surface area contributed by atoms with Crippen LogP contribution in [0.2, 0.25) is 0 Å². The molecular formula is C14H23NO2. The van der Waals surface area contributed by atoms with Gasteiger partial charge in [0.2, 0.25) is 0 Å². The molecule has 0 aliphatic heterocycles. The van der Waals surface area contributed by atoms with Crippen LogP contribution in [-0.4, -0.2) is 48.0 Å². The lowest BCUT2D eigenvalue weighted by Crippen LogP contribution is -2.42. The third-order valence-corrected chi connectivity index (χ3v) is 3.26. The quantitative estimate of drug-likeness (QED) is 0.750. The topological polar surface area (TPSA) is 43.7 Å². The first-order valence-corrected chi connectivity index (χ1v) is 6.16. The molecule has 0 bridgehead atoms. The molecule has 1 atom stereocenters. The number of hydrogen-bond acceptors (Lipinski definition) is 3. The van der Waals surface area contributed by atoms with Crippen molar-refractivity contribution in [3.05, 3.63) is 35.9 Å². The van der Waals surface area contributed by atoms with Crippen molar-refractivity contribution in [1.29, 1.82) is 0 Å². The van der Waals surface area contributed by atoms with Crippen LogP contribution in [0.1, 0.15) is 19.4 Å². The lowest BCUT2D eigenvalue weighted by atomic mass is 9.82. The minimum atomic E-state index is -0.271. The fraction of sp³-hybridized carbons (Fsp3) is 0.571. The van der Waals surface area contributed by atoms with Gasteiger partial charge in [0, 0.05) is 18.5 Å². The predicted molar refractivity (Wildman–Crippen MR) is 70.1 cm³/mol. The molecule has 0 heterocycles. The molecule has 0 aromatic heterocycles. The van der Waals surface area contributed by atoms with E-state index in [0.29, 0.717) is 6.54 Å². The van der Waals surface area contributed by atoms with E-state index in [2.05, 4.69) is 18.7 Å². The van der Waals surface area contributed by atoms with E-state index in [1.807, 2.05) is 30.3 Å². The summed E-state index contributed by atoms with van der Waals surface area (Å²) >= 11 is 0. The number of benzene rings is 1. The first kappa shape index (κ1) is 14.2. The van der Waals surface area contributed by atoms with Gasteiger partial charge in [-0.15, -0.1) is 0 Å². The number of aliphatic hydroxyl groups excluding tert-OH is 2. The highest BCUT2D eigenvalue weighted by Gasteiger charge is 2.27. The third kappa shape index (κ3) is 3.80. The van der Waals surface area contributed by atoms with Crippen molar-refractivity contribution in [3.8, 4) is 0 Å². The second kappa shape index (κ2) is 6.74. The molecule has 1 rings (SSSR count). The van der Waals surface area contributed by atoms with Crippen LogP contribution in [0.5, 0.6) is 0 Å². The summed E-state index contributed by atoms with van der Waals surface area (Å²) in [4.78, 5) is 2.16. The Labute approximate surface area is 104 Å². The van der Waals surface area contributed by atoms with Crippen molar-refractivity contribution in [3.63, 3.8) is 0 Å². The van der Waals surface area contributed by atoms with Crippen molar-refractivity contribution >= 4 is 0 Å². The Balaban J connectivity index is 2.81. The van der Waals surface area contributed by atoms with Crippen LogP contribution >= 0.6 is 0 Å². The fourth-order valence-electron chi connectivity index (χ4n) is 2.06. The Morgan fingerprint density at radius 1 is 1.18 bits per heavy atom. The van der Waals surface area contributed by atoms with Gasteiger partial charge in [-0.25, -0.2) is 0 Å². The molecule has 3 nitrogen and oxygen atoms in total. The Hall–Kier alpha value is -0.900. The Bertz CT molecular complexity index is 315. The molecule has 1 unspecified atom stereocenters. The molecule has 0 aliphatic carbocycles. The second-order valence-electron chi connectivity index (χ2n) is 4.68. The van der Waals surface area contributed by atoms with E-state index >= 15 is 0 Å². The van der Waals surface area contributed by atoms with Crippen molar-refractivity contribution in [2.45, 2.75) is 19.3 Å². The molecule has 0 aliphatic rings. The van der Waals surface area contributed by atoms with Gasteiger partial charge in [0.25, 0.3) is 0 Å². The number of rotatable bonds is 7. The first-order valence-electron chi connectivity index (χ1n) is 6.16. The lowest BCUT2D eigenvalue weighted by molar-refractivity contribution is 0.129. The zero-order valence-electron chi connectivity index (χ0n) is 10.8. The fourth-order valence-corrected chi connectivity index (χ4v) is 2.06. The minimum absolute atomic E-state index is 0.110. The summed E-state index contributed by atoms with van der Waals surface area (Å²) in [7, 11) is 0. The molecule has 1 aromatic rings. The highest BCUT2D eigenvalue weighted by molar-refractivity contribution is 5.25. The smallest absolute Gasteiger partial charge is 0.0558 e. The Kier molecular flexibility index (Phi) is 5.62. The lowest BCUT2D eigenvalue weighted by Gasteiger charge is -2.34. The second-order valence-corrected chi connectivity index (χ2v) is 4.68. The molecule has 2 N–H and O–H groups in total. The molecule has 0 saturated heterocycles. The Morgan fingerprint density at radius 3 is 2.29 bits per heavy atom. The molecule has 3 heteroatoms. The minimum Gasteiger partial charge on any atom is -0.395 e. The van der Waals surface area contributed by atoms with Gasteiger partial charge >= 0.3 is 0 Å². The van der Waals surface area contributed by atoms with Gasteiger partial charge in [-0.3, -0.25) is 0 Å².